The lowest BCUT2D eigenvalue weighted by Crippen LogP contribution is -2.60. The Balaban J connectivity index is 1.45. The number of halogens is 1. The maximum atomic E-state index is 13.4. The second kappa shape index (κ2) is 8.90. The summed E-state index contributed by atoms with van der Waals surface area (Å²) in [4.78, 5) is 43.1. The number of hydrogen-bond acceptors (Lipinski definition) is 4. The molecule has 2 aliphatic heterocycles. The second-order valence-corrected chi connectivity index (χ2v) is 9.02. The summed E-state index contributed by atoms with van der Waals surface area (Å²) in [6, 6.07) is 9.27. The van der Waals surface area contributed by atoms with Gasteiger partial charge in [0.15, 0.2) is 5.69 Å². The Bertz CT molecular complexity index is 1260. The number of H-pyrrole nitrogens is 1. The fourth-order valence-electron chi connectivity index (χ4n) is 4.73. The fraction of sp³-hybridized carbons (Fsp3) is 0.333. The first-order valence-corrected chi connectivity index (χ1v) is 11.4. The van der Waals surface area contributed by atoms with E-state index in [1.165, 1.54) is 17.0 Å². The van der Waals surface area contributed by atoms with Gasteiger partial charge in [-0.1, -0.05) is 19.1 Å². The number of carboxylic acid groups (broad SMARTS) is 1. The van der Waals surface area contributed by atoms with E-state index in [1.54, 1.807) is 40.0 Å². The van der Waals surface area contributed by atoms with E-state index in [1.807, 2.05) is 6.92 Å². The van der Waals surface area contributed by atoms with Crippen molar-refractivity contribution in [2.45, 2.75) is 32.0 Å². The van der Waals surface area contributed by atoms with Gasteiger partial charge in [-0.25, -0.2) is 9.18 Å². The molecule has 0 aliphatic carbocycles. The molecule has 2 aromatic heterocycles. The first-order valence-electron chi connectivity index (χ1n) is 11.4. The van der Waals surface area contributed by atoms with E-state index in [4.69, 9.17) is 5.11 Å². The number of nitrogens with one attached hydrogen (secondary N) is 2. The van der Waals surface area contributed by atoms with E-state index in [2.05, 4.69) is 15.4 Å². The fourth-order valence-corrected chi connectivity index (χ4v) is 4.73. The Morgan fingerprint density at radius 3 is 2.54 bits per heavy atom. The predicted molar refractivity (Wildman–Crippen MR) is 123 cm³/mol. The smallest absolute Gasteiger partial charge is 0.407 e. The minimum absolute atomic E-state index is 0.0987. The number of carbonyl (C=O) groups excluding carboxylic acids is 2. The Morgan fingerprint density at radius 1 is 1.14 bits per heavy atom. The van der Waals surface area contributed by atoms with Gasteiger partial charge in [0.05, 0.1) is 19.1 Å². The second-order valence-electron chi connectivity index (χ2n) is 9.02. The molecular weight excluding hydrogens is 455 g/mol. The quantitative estimate of drug-likeness (QED) is 0.517. The highest BCUT2D eigenvalue weighted by Crippen LogP contribution is 2.32. The van der Waals surface area contributed by atoms with Crippen LogP contribution in [-0.4, -0.2) is 73.3 Å². The number of hydrogen-bond donors (Lipinski definition) is 3. The molecule has 3 amide bonds. The van der Waals surface area contributed by atoms with Crippen LogP contribution in [0.1, 0.15) is 50.6 Å². The minimum atomic E-state index is -1.02. The lowest BCUT2D eigenvalue weighted by Gasteiger charge is -2.37. The van der Waals surface area contributed by atoms with Crippen LogP contribution in [0.2, 0.25) is 0 Å². The van der Waals surface area contributed by atoms with Crippen molar-refractivity contribution in [1.82, 2.24) is 29.9 Å². The molecule has 0 saturated carbocycles. The summed E-state index contributed by atoms with van der Waals surface area (Å²) in [6.07, 6.45) is 0.661. The zero-order chi connectivity index (χ0) is 24.7. The highest BCUT2D eigenvalue weighted by molar-refractivity contribution is 5.96. The summed E-state index contributed by atoms with van der Waals surface area (Å²) in [5.41, 5.74) is 3.03. The number of carbonyl (C=O) groups is 3. The van der Waals surface area contributed by atoms with Gasteiger partial charge in [0.1, 0.15) is 11.5 Å². The van der Waals surface area contributed by atoms with Crippen LogP contribution < -0.4 is 5.32 Å². The van der Waals surface area contributed by atoms with Crippen LogP contribution in [0.3, 0.4) is 0 Å². The molecule has 0 spiro atoms. The Hall–Kier alpha value is -4.15. The van der Waals surface area contributed by atoms with Gasteiger partial charge in [0.25, 0.3) is 11.8 Å². The molecule has 1 unspecified atom stereocenters. The van der Waals surface area contributed by atoms with Gasteiger partial charge >= 0.3 is 6.09 Å². The van der Waals surface area contributed by atoms with Gasteiger partial charge in [-0.15, -0.1) is 0 Å². The van der Waals surface area contributed by atoms with Crippen LogP contribution in [0, 0.1) is 5.82 Å². The zero-order valence-corrected chi connectivity index (χ0v) is 19.1. The molecule has 3 N–H and O–H groups in total. The molecule has 1 atom stereocenters. The first-order chi connectivity index (χ1) is 16.8. The van der Waals surface area contributed by atoms with E-state index < -0.39 is 12.0 Å². The SMILES string of the molecule is CC1CN(C(=O)c2ccc[nH]2)Cc2c(C(=O)NC3CN(C(=O)O)C3)nn(Cc3ccc(F)cc3)c21. The number of amides is 3. The first kappa shape index (κ1) is 22.6. The number of nitrogens with zero attached hydrogens (tertiary/aromatic N) is 4. The summed E-state index contributed by atoms with van der Waals surface area (Å²) in [7, 11) is 0. The number of rotatable bonds is 5. The van der Waals surface area contributed by atoms with Crippen LogP contribution in [0.25, 0.3) is 0 Å². The molecular formula is C24H25FN6O4. The summed E-state index contributed by atoms with van der Waals surface area (Å²) < 4.78 is 15.1. The van der Waals surface area contributed by atoms with Gasteiger partial charge < -0.3 is 25.2 Å². The lowest BCUT2D eigenvalue weighted by molar-refractivity contribution is 0.0707. The largest absolute Gasteiger partial charge is 0.465 e. The standard InChI is InChI=1S/C24H25FN6O4/c1-14-9-29(23(33)19-3-2-8-26-19)13-18-20(22(32)27-17-11-30(12-17)24(34)35)28-31(21(14)18)10-15-4-6-16(25)7-5-15/h2-8,14,17,26H,9-13H2,1H3,(H,27,32)(H,34,35). The molecule has 5 rings (SSSR count). The molecule has 11 heteroatoms. The molecule has 1 fully saturated rings. The average Bonchev–Trinajstić information content (AvgIpc) is 3.45. The maximum absolute atomic E-state index is 13.4. The lowest BCUT2D eigenvalue weighted by atomic mass is 9.95. The third-order valence-corrected chi connectivity index (χ3v) is 6.47. The van der Waals surface area contributed by atoms with Crippen molar-refractivity contribution in [3.8, 4) is 0 Å². The predicted octanol–water partition coefficient (Wildman–Crippen LogP) is 2.25. The number of aromatic amines is 1. The number of fused-ring (bicyclic) bond motifs is 1. The van der Waals surface area contributed by atoms with Crippen molar-refractivity contribution in [1.29, 1.82) is 0 Å². The molecule has 4 heterocycles. The van der Waals surface area contributed by atoms with E-state index >= 15 is 0 Å². The normalized spacial score (nSPS) is 17.6. The maximum Gasteiger partial charge on any atom is 0.407 e. The monoisotopic (exact) mass is 480 g/mol. The van der Waals surface area contributed by atoms with Crippen molar-refractivity contribution < 1.29 is 23.9 Å². The van der Waals surface area contributed by atoms with Crippen LogP contribution >= 0.6 is 0 Å². The van der Waals surface area contributed by atoms with Crippen molar-refractivity contribution in [3.63, 3.8) is 0 Å². The molecule has 1 aromatic carbocycles. The van der Waals surface area contributed by atoms with Gasteiger partial charge in [0, 0.05) is 43.0 Å². The zero-order valence-electron chi connectivity index (χ0n) is 19.1. The Labute approximate surface area is 200 Å². The Morgan fingerprint density at radius 2 is 1.89 bits per heavy atom. The van der Waals surface area contributed by atoms with Crippen molar-refractivity contribution in [2.75, 3.05) is 19.6 Å². The van der Waals surface area contributed by atoms with Crippen molar-refractivity contribution >= 4 is 17.9 Å². The summed E-state index contributed by atoms with van der Waals surface area (Å²) in [6.45, 7) is 3.43. The topological polar surface area (TPSA) is 124 Å². The van der Waals surface area contributed by atoms with Gasteiger partial charge in [-0.05, 0) is 29.8 Å². The van der Waals surface area contributed by atoms with Crippen molar-refractivity contribution in [2.24, 2.45) is 0 Å². The molecule has 3 aromatic rings. The van der Waals surface area contributed by atoms with Crippen LogP contribution in [0.5, 0.6) is 0 Å². The average molecular weight is 481 g/mol. The van der Waals surface area contributed by atoms with Crippen LogP contribution in [0.4, 0.5) is 9.18 Å². The highest BCUT2D eigenvalue weighted by Gasteiger charge is 2.37. The molecule has 35 heavy (non-hydrogen) atoms. The van der Waals surface area contributed by atoms with Gasteiger partial charge in [0.2, 0.25) is 0 Å². The molecule has 2 aliphatic rings. The molecule has 0 radical (unpaired) electrons. The Kier molecular flexibility index (Phi) is 5.75. The summed E-state index contributed by atoms with van der Waals surface area (Å²) in [5.74, 6) is -1.01. The van der Waals surface area contributed by atoms with Gasteiger partial charge in [-0.3, -0.25) is 14.3 Å². The number of aromatic nitrogens is 3. The summed E-state index contributed by atoms with van der Waals surface area (Å²) in [5, 5.41) is 16.5. The highest BCUT2D eigenvalue weighted by atomic mass is 19.1. The van der Waals surface area contributed by atoms with Crippen LogP contribution in [-0.2, 0) is 13.1 Å². The molecule has 10 nitrogen and oxygen atoms in total. The molecule has 1 saturated heterocycles. The molecule has 0 bridgehead atoms. The van der Waals surface area contributed by atoms with E-state index in [0.717, 1.165) is 11.3 Å². The number of benzene rings is 1. The minimum Gasteiger partial charge on any atom is -0.465 e. The van der Waals surface area contributed by atoms with Crippen LogP contribution in [0.15, 0.2) is 42.6 Å². The summed E-state index contributed by atoms with van der Waals surface area (Å²) >= 11 is 0. The van der Waals surface area contributed by atoms with E-state index in [9.17, 15) is 18.8 Å². The number of likely N-dealkylation sites (tertiary alicyclic amines) is 1. The van der Waals surface area contributed by atoms with Gasteiger partial charge in [-0.2, -0.15) is 5.10 Å². The molecule has 182 valence electrons. The van der Waals surface area contributed by atoms with E-state index in [-0.39, 0.29) is 49.0 Å². The third-order valence-electron chi connectivity index (χ3n) is 6.47. The third kappa shape index (κ3) is 4.36. The van der Waals surface area contributed by atoms with E-state index in [0.29, 0.717) is 24.3 Å². The van der Waals surface area contributed by atoms with Crippen molar-refractivity contribution in [3.05, 3.63) is 76.6 Å².